The van der Waals surface area contributed by atoms with Gasteiger partial charge in [0.2, 0.25) is 5.91 Å². The third-order valence-electron chi connectivity index (χ3n) is 2.38. The molecule has 1 fully saturated rings. The van der Waals surface area contributed by atoms with Crippen LogP contribution in [0.2, 0.25) is 0 Å². The average Bonchev–Trinajstić information content (AvgIpc) is 2.15. The molecule has 4 heteroatoms. The maximum absolute atomic E-state index is 11.0. The number of nitrogens with zero attached hydrogens (tertiary/aromatic N) is 2. The normalized spacial score (nSPS) is 18.7. The molecule has 4 nitrogen and oxygen atoms in total. The Labute approximate surface area is 78.5 Å². The lowest BCUT2D eigenvalue weighted by Crippen LogP contribution is -2.48. The number of rotatable bonds is 3. The van der Waals surface area contributed by atoms with E-state index in [-0.39, 0.29) is 5.91 Å². The Kier molecular flexibility index (Phi) is 3.89. The van der Waals surface area contributed by atoms with Crippen LogP contribution in [0.1, 0.15) is 13.3 Å². The van der Waals surface area contributed by atoms with Gasteiger partial charge in [0.1, 0.15) is 6.29 Å². The van der Waals surface area contributed by atoms with Crippen molar-refractivity contribution in [3.63, 3.8) is 0 Å². The topological polar surface area (TPSA) is 40.6 Å². The van der Waals surface area contributed by atoms with Crippen molar-refractivity contribution < 1.29 is 9.59 Å². The molecule has 0 radical (unpaired) electrons. The minimum atomic E-state index is 0.148. The molecule has 1 aliphatic heterocycles. The molecule has 74 valence electrons. The quantitative estimate of drug-likeness (QED) is 0.567. The van der Waals surface area contributed by atoms with E-state index in [1.807, 2.05) is 4.90 Å². The fourth-order valence-electron chi connectivity index (χ4n) is 1.52. The lowest BCUT2D eigenvalue weighted by Gasteiger charge is -2.33. The maximum Gasteiger partial charge on any atom is 0.219 e. The largest absolute Gasteiger partial charge is 0.340 e. The predicted octanol–water partition coefficient (Wildman–Crippen LogP) is -0.261. The second-order valence-electron chi connectivity index (χ2n) is 3.30. The third-order valence-corrected chi connectivity index (χ3v) is 2.38. The van der Waals surface area contributed by atoms with Crippen molar-refractivity contribution >= 4 is 12.2 Å². The number of aldehydes is 1. The summed E-state index contributed by atoms with van der Waals surface area (Å²) >= 11 is 0. The molecule has 0 spiro atoms. The summed E-state index contributed by atoms with van der Waals surface area (Å²) in [7, 11) is 0. The summed E-state index contributed by atoms with van der Waals surface area (Å²) in [4.78, 5) is 25.2. The van der Waals surface area contributed by atoms with Crippen LogP contribution in [0.5, 0.6) is 0 Å². The molecule has 1 heterocycles. The molecule has 0 aliphatic carbocycles. The SMILES string of the molecule is CC(=O)N1CCN(CCC=O)CC1. The molecule has 13 heavy (non-hydrogen) atoms. The summed E-state index contributed by atoms with van der Waals surface area (Å²) in [6.45, 7) is 5.82. The van der Waals surface area contributed by atoms with E-state index in [1.165, 1.54) is 0 Å². The number of piperazine rings is 1. The van der Waals surface area contributed by atoms with Crippen molar-refractivity contribution in [2.45, 2.75) is 13.3 Å². The van der Waals surface area contributed by atoms with E-state index in [2.05, 4.69) is 4.90 Å². The van der Waals surface area contributed by atoms with Gasteiger partial charge in [-0.05, 0) is 0 Å². The van der Waals surface area contributed by atoms with Crippen molar-refractivity contribution in [2.75, 3.05) is 32.7 Å². The first-order valence-electron chi connectivity index (χ1n) is 4.65. The van der Waals surface area contributed by atoms with Crippen LogP contribution in [0, 0.1) is 0 Å². The molecular formula is C9H16N2O2. The zero-order valence-electron chi connectivity index (χ0n) is 8.03. The number of hydrogen-bond donors (Lipinski definition) is 0. The van der Waals surface area contributed by atoms with Gasteiger partial charge in [-0.25, -0.2) is 0 Å². The molecule has 0 unspecified atom stereocenters. The van der Waals surface area contributed by atoms with Crippen molar-refractivity contribution in [1.82, 2.24) is 9.80 Å². The van der Waals surface area contributed by atoms with Gasteiger partial charge in [-0.3, -0.25) is 9.69 Å². The fourth-order valence-corrected chi connectivity index (χ4v) is 1.52. The molecule has 0 aromatic rings. The highest BCUT2D eigenvalue weighted by Crippen LogP contribution is 2.01. The van der Waals surface area contributed by atoms with Crippen LogP contribution in [0.3, 0.4) is 0 Å². The van der Waals surface area contributed by atoms with Crippen LogP contribution >= 0.6 is 0 Å². The minimum Gasteiger partial charge on any atom is -0.340 e. The summed E-state index contributed by atoms with van der Waals surface area (Å²) in [5, 5.41) is 0. The van der Waals surface area contributed by atoms with Crippen LogP contribution in [0.4, 0.5) is 0 Å². The first-order chi connectivity index (χ1) is 6.24. The highest BCUT2D eigenvalue weighted by atomic mass is 16.2. The van der Waals surface area contributed by atoms with Crippen LogP contribution in [-0.2, 0) is 9.59 Å². The molecule has 0 saturated carbocycles. The van der Waals surface area contributed by atoms with E-state index in [1.54, 1.807) is 6.92 Å². The molecule has 0 aromatic carbocycles. The maximum atomic E-state index is 11.0. The van der Waals surface area contributed by atoms with Gasteiger partial charge >= 0.3 is 0 Å². The van der Waals surface area contributed by atoms with Crippen molar-refractivity contribution in [3.05, 3.63) is 0 Å². The monoisotopic (exact) mass is 184 g/mol. The molecule has 0 bridgehead atoms. The summed E-state index contributed by atoms with van der Waals surface area (Å²) < 4.78 is 0. The summed E-state index contributed by atoms with van der Waals surface area (Å²) in [6.07, 6.45) is 1.54. The Hall–Kier alpha value is -0.900. The standard InChI is InChI=1S/C9H16N2O2/c1-9(13)11-6-4-10(5-7-11)3-2-8-12/h8H,2-7H2,1H3. The average molecular weight is 184 g/mol. The van der Waals surface area contributed by atoms with Crippen LogP contribution in [0.25, 0.3) is 0 Å². The van der Waals surface area contributed by atoms with Gasteiger partial charge in [0, 0.05) is 46.1 Å². The fraction of sp³-hybridized carbons (Fsp3) is 0.778. The molecule has 0 atom stereocenters. The van der Waals surface area contributed by atoms with Gasteiger partial charge < -0.3 is 9.69 Å². The van der Waals surface area contributed by atoms with E-state index in [9.17, 15) is 9.59 Å². The van der Waals surface area contributed by atoms with Gasteiger partial charge in [-0.1, -0.05) is 0 Å². The van der Waals surface area contributed by atoms with E-state index in [0.717, 1.165) is 39.0 Å². The van der Waals surface area contributed by atoms with Crippen LogP contribution < -0.4 is 0 Å². The number of carbonyl (C=O) groups is 2. The third kappa shape index (κ3) is 3.14. The smallest absolute Gasteiger partial charge is 0.219 e. The Morgan fingerprint density at radius 1 is 1.31 bits per heavy atom. The van der Waals surface area contributed by atoms with E-state index in [0.29, 0.717) is 6.42 Å². The number of carbonyl (C=O) groups excluding carboxylic acids is 2. The summed E-state index contributed by atoms with van der Waals surface area (Å²) in [5.41, 5.74) is 0. The lowest BCUT2D eigenvalue weighted by molar-refractivity contribution is -0.130. The Morgan fingerprint density at radius 3 is 2.38 bits per heavy atom. The zero-order valence-corrected chi connectivity index (χ0v) is 8.03. The van der Waals surface area contributed by atoms with Gasteiger partial charge in [0.25, 0.3) is 0 Å². The Bertz CT molecular complexity index is 186. The molecule has 0 N–H and O–H groups in total. The highest BCUT2D eigenvalue weighted by molar-refractivity contribution is 5.73. The molecule has 1 aliphatic rings. The molecule has 1 amide bonds. The Balaban J connectivity index is 2.22. The van der Waals surface area contributed by atoms with E-state index < -0.39 is 0 Å². The van der Waals surface area contributed by atoms with Crippen molar-refractivity contribution in [2.24, 2.45) is 0 Å². The van der Waals surface area contributed by atoms with Crippen LogP contribution in [-0.4, -0.2) is 54.7 Å². The van der Waals surface area contributed by atoms with Crippen LogP contribution in [0.15, 0.2) is 0 Å². The summed E-state index contributed by atoms with van der Waals surface area (Å²) in [5.74, 6) is 0.148. The number of amides is 1. The lowest BCUT2D eigenvalue weighted by atomic mass is 10.3. The predicted molar refractivity (Wildman–Crippen MR) is 49.4 cm³/mol. The minimum absolute atomic E-state index is 0.148. The van der Waals surface area contributed by atoms with Crippen molar-refractivity contribution in [1.29, 1.82) is 0 Å². The number of hydrogen-bond acceptors (Lipinski definition) is 3. The van der Waals surface area contributed by atoms with Crippen molar-refractivity contribution in [3.8, 4) is 0 Å². The zero-order chi connectivity index (χ0) is 9.68. The highest BCUT2D eigenvalue weighted by Gasteiger charge is 2.17. The van der Waals surface area contributed by atoms with Gasteiger partial charge in [0.05, 0.1) is 0 Å². The summed E-state index contributed by atoms with van der Waals surface area (Å²) in [6, 6.07) is 0. The molecule has 1 saturated heterocycles. The Morgan fingerprint density at radius 2 is 1.92 bits per heavy atom. The van der Waals surface area contributed by atoms with E-state index >= 15 is 0 Å². The molecular weight excluding hydrogens is 168 g/mol. The first-order valence-corrected chi connectivity index (χ1v) is 4.65. The first kappa shape index (κ1) is 10.2. The molecule has 0 aromatic heterocycles. The second kappa shape index (κ2) is 4.97. The molecule has 1 rings (SSSR count). The second-order valence-corrected chi connectivity index (χ2v) is 3.30. The van der Waals surface area contributed by atoms with Gasteiger partial charge in [-0.2, -0.15) is 0 Å². The van der Waals surface area contributed by atoms with E-state index in [4.69, 9.17) is 0 Å². The van der Waals surface area contributed by atoms with Gasteiger partial charge in [0.15, 0.2) is 0 Å². The van der Waals surface area contributed by atoms with Gasteiger partial charge in [-0.15, -0.1) is 0 Å².